The van der Waals surface area contributed by atoms with E-state index in [9.17, 15) is 18.0 Å². The molecule has 234 valence electrons. The number of benzene rings is 5. The zero-order chi connectivity index (χ0) is 32.4. The zero-order valence-corrected chi connectivity index (χ0v) is 26.2. The Kier molecular flexibility index (Phi) is 10.5. The van der Waals surface area contributed by atoms with Gasteiger partial charge in [0.1, 0.15) is 24.1 Å². The van der Waals surface area contributed by atoms with Crippen molar-refractivity contribution in [1.29, 1.82) is 0 Å². The molecule has 0 heterocycles. The lowest BCUT2D eigenvalue weighted by atomic mass is 10.0. The Balaban J connectivity index is 1.52. The van der Waals surface area contributed by atoms with E-state index in [0.29, 0.717) is 11.5 Å². The molecule has 0 aliphatic heterocycles. The number of hydrogen-bond donors (Lipinski definition) is 1. The van der Waals surface area contributed by atoms with E-state index < -0.39 is 28.5 Å². The number of rotatable bonds is 13. The van der Waals surface area contributed by atoms with Crippen molar-refractivity contribution in [2.45, 2.75) is 23.9 Å². The predicted octanol–water partition coefficient (Wildman–Crippen LogP) is 6.06. The Hall–Kier alpha value is -5.41. The van der Waals surface area contributed by atoms with Crippen molar-refractivity contribution in [2.24, 2.45) is 0 Å². The van der Waals surface area contributed by atoms with Gasteiger partial charge in [0, 0.05) is 20.0 Å². The summed E-state index contributed by atoms with van der Waals surface area (Å²) >= 11 is 0. The van der Waals surface area contributed by atoms with Gasteiger partial charge in [-0.25, -0.2) is 8.42 Å². The van der Waals surface area contributed by atoms with E-state index in [2.05, 4.69) is 5.32 Å². The topological polar surface area (TPSA) is 96.0 Å². The monoisotopic (exact) mass is 633 g/mol. The van der Waals surface area contributed by atoms with Gasteiger partial charge >= 0.3 is 0 Å². The van der Waals surface area contributed by atoms with E-state index in [1.807, 2.05) is 91.0 Å². The van der Waals surface area contributed by atoms with Gasteiger partial charge in [-0.2, -0.15) is 0 Å². The fraction of sp³-hybridized carbons (Fsp3) is 0.135. The fourth-order valence-corrected chi connectivity index (χ4v) is 6.49. The van der Waals surface area contributed by atoms with Gasteiger partial charge in [0.25, 0.3) is 10.0 Å². The highest BCUT2D eigenvalue weighted by Crippen LogP contribution is 2.29. The maximum absolute atomic E-state index is 14.4. The summed E-state index contributed by atoms with van der Waals surface area (Å²) < 4.78 is 35.2. The van der Waals surface area contributed by atoms with Gasteiger partial charge in [0.15, 0.2) is 0 Å². The number of nitrogens with zero attached hydrogens (tertiary/aromatic N) is 2. The van der Waals surface area contributed by atoms with Crippen molar-refractivity contribution in [1.82, 2.24) is 10.2 Å². The molecule has 0 aliphatic rings. The van der Waals surface area contributed by atoms with Crippen molar-refractivity contribution in [3.8, 4) is 11.5 Å². The van der Waals surface area contributed by atoms with E-state index in [1.54, 1.807) is 42.5 Å². The largest absolute Gasteiger partial charge is 0.457 e. The van der Waals surface area contributed by atoms with Crippen LogP contribution in [0.1, 0.15) is 11.1 Å². The fourth-order valence-electron chi connectivity index (χ4n) is 5.05. The first-order valence-corrected chi connectivity index (χ1v) is 16.3. The summed E-state index contributed by atoms with van der Waals surface area (Å²) in [5, 5.41) is 2.70. The molecule has 0 fully saturated rings. The Morgan fingerprint density at radius 2 is 1.17 bits per heavy atom. The smallest absolute Gasteiger partial charge is 0.264 e. The molecule has 5 rings (SSSR count). The number of anilines is 1. The van der Waals surface area contributed by atoms with Crippen LogP contribution in [0.2, 0.25) is 0 Å². The molecule has 0 aliphatic carbocycles. The molecule has 1 atom stereocenters. The van der Waals surface area contributed by atoms with Crippen LogP contribution < -0.4 is 14.4 Å². The number of hydrogen-bond acceptors (Lipinski definition) is 5. The van der Waals surface area contributed by atoms with Crippen molar-refractivity contribution in [2.75, 3.05) is 17.9 Å². The van der Waals surface area contributed by atoms with Crippen LogP contribution in [0.3, 0.4) is 0 Å². The maximum atomic E-state index is 14.4. The lowest BCUT2D eigenvalue weighted by Crippen LogP contribution is -2.53. The van der Waals surface area contributed by atoms with Gasteiger partial charge < -0.3 is 15.0 Å². The van der Waals surface area contributed by atoms with Crippen LogP contribution in [0.25, 0.3) is 0 Å². The number of ether oxygens (including phenoxy) is 1. The molecule has 9 heteroatoms. The molecule has 0 radical (unpaired) electrons. The molecule has 0 saturated heterocycles. The van der Waals surface area contributed by atoms with Crippen LogP contribution >= 0.6 is 0 Å². The number of sulfonamides is 1. The normalized spacial score (nSPS) is 11.7. The molecular formula is C37H35N3O5S. The molecule has 0 spiro atoms. The van der Waals surface area contributed by atoms with E-state index in [-0.39, 0.29) is 29.5 Å². The van der Waals surface area contributed by atoms with Gasteiger partial charge in [-0.05, 0) is 59.7 Å². The predicted molar refractivity (Wildman–Crippen MR) is 179 cm³/mol. The van der Waals surface area contributed by atoms with Gasteiger partial charge in [0.05, 0.1) is 10.6 Å². The molecule has 0 unspecified atom stereocenters. The molecule has 0 saturated carbocycles. The van der Waals surface area contributed by atoms with E-state index in [0.717, 1.165) is 15.4 Å². The molecule has 8 nitrogen and oxygen atoms in total. The second-order valence-corrected chi connectivity index (χ2v) is 12.4. The third-order valence-corrected chi connectivity index (χ3v) is 9.21. The lowest BCUT2D eigenvalue weighted by molar-refractivity contribution is -0.139. The first-order chi connectivity index (χ1) is 22.3. The Morgan fingerprint density at radius 1 is 0.674 bits per heavy atom. The number of carbonyl (C=O) groups is 2. The third kappa shape index (κ3) is 7.99. The highest BCUT2D eigenvalue weighted by molar-refractivity contribution is 7.92. The second kappa shape index (κ2) is 15.0. The van der Waals surface area contributed by atoms with Crippen LogP contribution in [-0.4, -0.2) is 44.8 Å². The first kappa shape index (κ1) is 32.0. The maximum Gasteiger partial charge on any atom is 0.264 e. The summed E-state index contributed by atoms with van der Waals surface area (Å²) in [6.45, 7) is -0.432. The van der Waals surface area contributed by atoms with E-state index in [4.69, 9.17) is 4.74 Å². The summed E-state index contributed by atoms with van der Waals surface area (Å²) in [7, 11) is -2.67. The minimum absolute atomic E-state index is 0.0363. The Morgan fingerprint density at radius 3 is 1.74 bits per heavy atom. The summed E-state index contributed by atoms with van der Waals surface area (Å²) in [5.74, 6) is 0.256. The van der Waals surface area contributed by atoms with Gasteiger partial charge in [-0.15, -0.1) is 0 Å². The van der Waals surface area contributed by atoms with Crippen molar-refractivity contribution >= 4 is 27.5 Å². The number of amides is 2. The van der Waals surface area contributed by atoms with Gasteiger partial charge in [0.2, 0.25) is 11.8 Å². The van der Waals surface area contributed by atoms with Crippen molar-refractivity contribution in [3.63, 3.8) is 0 Å². The van der Waals surface area contributed by atoms with Crippen molar-refractivity contribution in [3.05, 3.63) is 157 Å². The lowest BCUT2D eigenvalue weighted by Gasteiger charge is -2.33. The summed E-state index contributed by atoms with van der Waals surface area (Å²) in [6.07, 6.45) is 0.246. The van der Waals surface area contributed by atoms with Gasteiger partial charge in [-0.1, -0.05) is 97.1 Å². The standard InChI is InChI=1S/C37H35N3O5S/c1-38-37(42)35(26-29-14-6-2-7-15-29)39(27-30-16-8-3-9-17-30)36(41)28-40(46(43,44)34-20-12-5-13-21-34)31-22-24-33(25-23-31)45-32-18-10-4-11-19-32/h2-25,35H,26-28H2,1H3,(H,38,42)/t35-/m0/s1. The molecule has 5 aromatic carbocycles. The molecule has 0 aromatic heterocycles. The molecule has 46 heavy (non-hydrogen) atoms. The summed E-state index contributed by atoms with van der Waals surface area (Å²) in [4.78, 5) is 29.2. The minimum Gasteiger partial charge on any atom is -0.457 e. The quantitative estimate of drug-likeness (QED) is 0.170. The molecule has 1 N–H and O–H groups in total. The highest BCUT2D eigenvalue weighted by Gasteiger charge is 2.34. The van der Waals surface area contributed by atoms with Crippen LogP contribution in [0.15, 0.2) is 150 Å². The van der Waals surface area contributed by atoms with E-state index >= 15 is 0 Å². The van der Waals surface area contributed by atoms with Crippen LogP contribution in [0, 0.1) is 0 Å². The Labute approximate surface area is 269 Å². The SMILES string of the molecule is CNC(=O)[C@H](Cc1ccccc1)N(Cc1ccccc1)C(=O)CN(c1ccc(Oc2ccccc2)cc1)S(=O)(=O)c1ccccc1. The average molecular weight is 634 g/mol. The van der Waals surface area contributed by atoms with Crippen LogP contribution in [0.5, 0.6) is 11.5 Å². The number of para-hydroxylation sites is 1. The van der Waals surface area contributed by atoms with Gasteiger partial charge in [-0.3, -0.25) is 13.9 Å². The summed E-state index contributed by atoms with van der Waals surface area (Å²) in [5.41, 5.74) is 1.94. The number of carbonyl (C=O) groups excluding carboxylic acids is 2. The molecule has 5 aromatic rings. The molecule has 0 bridgehead atoms. The Bertz CT molecular complexity index is 1820. The van der Waals surface area contributed by atoms with Crippen molar-refractivity contribution < 1.29 is 22.7 Å². The number of likely N-dealkylation sites (N-methyl/N-ethyl adjacent to an activating group) is 1. The summed E-state index contributed by atoms with van der Waals surface area (Å²) in [6, 6.07) is 41.6. The average Bonchev–Trinajstić information content (AvgIpc) is 3.10. The number of nitrogens with one attached hydrogen (secondary N) is 1. The van der Waals surface area contributed by atoms with Crippen LogP contribution in [-0.2, 0) is 32.6 Å². The van der Waals surface area contributed by atoms with Crippen LogP contribution in [0.4, 0.5) is 5.69 Å². The molecule has 2 amide bonds. The first-order valence-electron chi connectivity index (χ1n) is 14.8. The highest BCUT2D eigenvalue weighted by atomic mass is 32.2. The molecular weight excluding hydrogens is 598 g/mol. The third-order valence-electron chi connectivity index (χ3n) is 7.43. The minimum atomic E-state index is -4.19. The second-order valence-electron chi connectivity index (χ2n) is 10.6. The zero-order valence-electron chi connectivity index (χ0n) is 25.4. The van der Waals surface area contributed by atoms with E-state index in [1.165, 1.54) is 24.1 Å².